The molecule has 1 aromatic heterocycles. The first kappa shape index (κ1) is 12.1. The summed E-state index contributed by atoms with van der Waals surface area (Å²) in [4.78, 5) is 3.82. The normalized spacial score (nSPS) is 16.3. The smallest absolute Gasteiger partial charge is 0.150 e. The molecule has 0 saturated heterocycles. The molecule has 1 heterocycles. The van der Waals surface area contributed by atoms with E-state index in [0.29, 0.717) is 11.7 Å². The van der Waals surface area contributed by atoms with Crippen LogP contribution in [0.3, 0.4) is 0 Å². The van der Waals surface area contributed by atoms with E-state index in [2.05, 4.69) is 22.3 Å². The first-order valence-corrected chi connectivity index (χ1v) is 6.69. The molecule has 0 radical (unpaired) electrons. The SMILES string of the molecule is CCC(Nc1ccc(-n2cncn2)c(F)c1)C1CC1. The van der Waals surface area contributed by atoms with Crippen LogP contribution in [0.25, 0.3) is 5.69 Å². The van der Waals surface area contributed by atoms with Crippen LogP contribution in [0.15, 0.2) is 30.9 Å². The first-order chi connectivity index (χ1) is 9.28. The van der Waals surface area contributed by atoms with Gasteiger partial charge in [-0.25, -0.2) is 14.1 Å². The van der Waals surface area contributed by atoms with Crippen molar-refractivity contribution in [3.05, 3.63) is 36.7 Å². The van der Waals surface area contributed by atoms with Gasteiger partial charge in [0, 0.05) is 11.7 Å². The van der Waals surface area contributed by atoms with E-state index >= 15 is 0 Å². The molecule has 1 N–H and O–H groups in total. The molecule has 0 spiro atoms. The molecule has 1 unspecified atom stereocenters. The van der Waals surface area contributed by atoms with E-state index in [4.69, 9.17) is 0 Å². The molecular formula is C14H17FN4. The van der Waals surface area contributed by atoms with Crippen LogP contribution in [0.2, 0.25) is 0 Å². The zero-order valence-corrected chi connectivity index (χ0v) is 10.9. The molecule has 4 nitrogen and oxygen atoms in total. The molecule has 1 aliphatic rings. The monoisotopic (exact) mass is 260 g/mol. The van der Waals surface area contributed by atoms with Crippen LogP contribution in [0.4, 0.5) is 10.1 Å². The van der Waals surface area contributed by atoms with Gasteiger partial charge in [-0.1, -0.05) is 6.92 Å². The van der Waals surface area contributed by atoms with Crippen LogP contribution in [0.1, 0.15) is 26.2 Å². The summed E-state index contributed by atoms with van der Waals surface area (Å²) in [5.41, 5.74) is 1.25. The van der Waals surface area contributed by atoms with Crippen molar-refractivity contribution >= 4 is 5.69 Å². The number of halogens is 1. The molecule has 1 aromatic carbocycles. The summed E-state index contributed by atoms with van der Waals surface area (Å²) in [5, 5.41) is 7.36. The van der Waals surface area contributed by atoms with Crippen molar-refractivity contribution in [2.24, 2.45) is 5.92 Å². The predicted molar refractivity (Wildman–Crippen MR) is 71.7 cm³/mol. The van der Waals surface area contributed by atoms with Crippen molar-refractivity contribution in [3.8, 4) is 5.69 Å². The summed E-state index contributed by atoms with van der Waals surface area (Å²) in [6.45, 7) is 2.16. The highest BCUT2D eigenvalue weighted by Crippen LogP contribution is 2.35. The molecular weight excluding hydrogens is 243 g/mol. The van der Waals surface area contributed by atoms with Crippen molar-refractivity contribution in [3.63, 3.8) is 0 Å². The van der Waals surface area contributed by atoms with E-state index < -0.39 is 0 Å². The van der Waals surface area contributed by atoms with Crippen molar-refractivity contribution in [1.29, 1.82) is 0 Å². The molecule has 19 heavy (non-hydrogen) atoms. The van der Waals surface area contributed by atoms with Gasteiger partial charge in [0.05, 0.1) is 0 Å². The number of hydrogen-bond donors (Lipinski definition) is 1. The minimum Gasteiger partial charge on any atom is -0.382 e. The number of hydrogen-bond acceptors (Lipinski definition) is 3. The molecule has 0 bridgehead atoms. The molecule has 2 aromatic rings. The van der Waals surface area contributed by atoms with Crippen LogP contribution in [0.5, 0.6) is 0 Å². The van der Waals surface area contributed by atoms with Gasteiger partial charge in [0.15, 0.2) is 5.82 Å². The Morgan fingerprint density at radius 2 is 2.32 bits per heavy atom. The number of benzene rings is 1. The zero-order chi connectivity index (χ0) is 13.2. The van der Waals surface area contributed by atoms with Gasteiger partial charge in [-0.3, -0.25) is 0 Å². The summed E-state index contributed by atoms with van der Waals surface area (Å²) in [5.74, 6) is 0.462. The van der Waals surface area contributed by atoms with Gasteiger partial charge in [0.1, 0.15) is 18.3 Å². The van der Waals surface area contributed by atoms with E-state index in [-0.39, 0.29) is 5.82 Å². The second kappa shape index (κ2) is 4.99. The molecule has 100 valence electrons. The lowest BCUT2D eigenvalue weighted by molar-refractivity contribution is 0.603. The second-order valence-corrected chi connectivity index (χ2v) is 5.00. The Hall–Kier alpha value is -1.91. The Morgan fingerprint density at radius 3 is 2.89 bits per heavy atom. The van der Waals surface area contributed by atoms with Crippen LogP contribution in [0, 0.1) is 11.7 Å². The van der Waals surface area contributed by atoms with Gasteiger partial charge >= 0.3 is 0 Å². The van der Waals surface area contributed by atoms with Crippen molar-refractivity contribution in [2.75, 3.05) is 5.32 Å². The van der Waals surface area contributed by atoms with Gasteiger partial charge in [0.25, 0.3) is 0 Å². The molecule has 1 saturated carbocycles. The van der Waals surface area contributed by atoms with Gasteiger partial charge in [-0.2, -0.15) is 5.10 Å². The Bertz CT molecular complexity index is 549. The van der Waals surface area contributed by atoms with E-state index in [1.165, 1.54) is 36.2 Å². The first-order valence-electron chi connectivity index (χ1n) is 6.69. The summed E-state index contributed by atoms with van der Waals surface area (Å²) in [6, 6.07) is 5.61. The highest BCUT2D eigenvalue weighted by Gasteiger charge is 2.29. The third kappa shape index (κ3) is 2.59. The van der Waals surface area contributed by atoms with Crippen LogP contribution < -0.4 is 5.32 Å². The van der Waals surface area contributed by atoms with E-state index in [1.54, 1.807) is 6.07 Å². The van der Waals surface area contributed by atoms with Crippen molar-refractivity contribution < 1.29 is 4.39 Å². The largest absolute Gasteiger partial charge is 0.382 e. The highest BCUT2D eigenvalue weighted by atomic mass is 19.1. The van der Waals surface area contributed by atoms with Gasteiger partial charge in [0.2, 0.25) is 0 Å². The minimum atomic E-state index is -0.291. The van der Waals surface area contributed by atoms with E-state index in [1.807, 2.05) is 6.07 Å². The van der Waals surface area contributed by atoms with E-state index in [9.17, 15) is 4.39 Å². The fraction of sp³-hybridized carbons (Fsp3) is 0.429. The maximum absolute atomic E-state index is 14.1. The summed E-state index contributed by atoms with van der Waals surface area (Å²) < 4.78 is 15.5. The van der Waals surface area contributed by atoms with Gasteiger partial charge in [-0.05, 0) is 43.4 Å². The van der Waals surface area contributed by atoms with Crippen molar-refractivity contribution in [2.45, 2.75) is 32.2 Å². The number of nitrogens with one attached hydrogen (secondary N) is 1. The van der Waals surface area contributed by atoms with E-state index in [0.717, 1.165) is 18.0 Å². The lowest BCUT2D eigenvalue weighted by Crippen LogP contribution is -2.20. The van der Waals surface area contributed by atoms with Crippen LogP contribution in [-0.4, -0.2) is 20.8 Å². The van der Waals surface area contributed by atoms with Gasteiger partial charge < -0.3 is 5.32 Å². The third-order valence-electron chi connectivity index (χ3n) is 3.60. The molecule has 0 aliphatic heterocycles. The average molecular weight is 260 g/mol. The molecule has 0 amide bonds. The molecule has 1 aliphatic carbocycles. The standard InChI is InChI=1S/C14H17FN4/c1-2-13(10-3-4-10)18-11-5-6-14(12(15)7-11)19-9-16-8-17-19/h5-10,13,18H,2-4H2,1H3. The summed E-state index contributed by atoms with van der Waals surface area (Å²) in [7, 11) is 0. The fourth-order valence-electron chi connectivity index (χ4n) is 2.38. The maximum atomic E-state index is 14.1. The molecule has 1 fully saturated rings. The Balaban J connectivity index is 1.79. The van der Waals surface area contributed by atoms with Crippen LogP contribution >= 0.6 is 0 Å². The number of anilines is 1. The lowest BCUT2D eigenvalue weighted by atomic mass is 10.1. The molecule has 1 atom stereocenters. The number of aromatic nitrogens is 3. The quantitative estimate of drug-likeness (QED) is 0.898. The Morgan fingerprint density at radius 1 is 1.47 bits per heavy atom. The second-order valence-electron chi connectivity index (χ2n) is 5.00. The van der Waals surface area contributed by atoms with Crippen LogP contribution in [-0.2, 0) is 0 Å². The summed E-state index contributed by atoms with van der Waals surface area (Å²) in [6.07, 6.45) is 6.52. The molecule has 5 heteroatoms. The minimum absolute atomic E-state index is 0.291. The van der Waals surface area contributed by atoms with Crippen molar-refractivity contribution in [1.82, 2.24) is 14.8 Å². The lowest BCUT2D eigenvalue weighted by Gasteiger charge is -2.18. The zero-order valence-electron chi connectivity index (χ0n) is 10.9. The van der Waals surface area contributed by atoms with Gasteiger partial charge in [-0.15, -0.1) is 0 Å². The highest BCUT2D eigenvalue weighted by molar-refractivity contribution is 5.50. The average Bonchev–Trinajstić information content (AvgIpc) is 3.11. The molecule has 3 rings (SSSR count). The number of nitrogens with zero attached hydrogens (tertiary/aromatic N) is 3. The topological polar surface area (TPSA) is 42.7 Å². The fourth-order valence-corrected chi connectivity index (χ4v) is 2.38. The predicted octanol–water partition coefficient (Wildman–Crippen LogP) is 3.01. The third-order valence-corrected chi connectivity index (χ3v) is 3.60. The maximum Gasteiger partial charge on any atom is 0.150 e. The summed E-state index contributed by atoms with van der Waals surface area (Å²) >= 11 is 0. The number of rotatable bonds is 5. The Labute approximate surface area is 111 Å². The Kier molecular flexibility index (Phi) is 3.19.